The molecule has 42 heavy (non-hydrogen) atoms. The molecule has 218 valence electrons. The monoisotopic (exact) mass is 589 g/mol. The van der Waals surface area contributed by atoms with E-state index >= 15 is 0 Å². The van der Waals surface area contributed by atoms with Crippen molar-refractivity contribution >= 4 is 34.4 Å². The van der Waals surface area contributed by atoms with Gasteiger partial charge in [0.1, 0.15) is 17.5 Å². The minimum atomic E-state index is -0.575. The minimum Gasteiger partial charge on any atom is -0.349 e. The van der Waals surface area contributed by atoms with Gasteiger partial charge in [0.15, 0.2) is 5.65 Å². The second kappa shape index (κ2) is 11.2. The minimum absolute atomic E-state index is 0.0447. The van der Waals surface area contributed by atoms with Crippen LogP contribution in [0.4, 0.5) is 10.2 Å². The summed E-state index contributed by atoms with van der Waals surface area (Å²) in [7, 11) is 0. The molecule has 1 aliphatic rings. The molecule has 0 unspecified atom stereocenters. The van der Waals surface area contributed by atoms with Crippen LogP contribution in [0.2, 0.25) is 5.02 Å². The molecule has 1 saturated heterocycles. The van der Waals surface area contributed by atoms with Crippen LogP contribution in [0, 0.1) is 19.7 Å². The summed E-state index contributed by atoms with van der Waals surface area (Å²) >= 11 is 6.79. The van der Waals surface area contributed by atoms with Crippen LogP contribution < -0.4 is 10.6 Å². The van der Waals surface area contributed by atoms with Crippen LogP contribution in [0.1, 0.15) is 50.8 Å². The van der Waals surface area contributed by atoms with Crippen molar-refractivity contribution in [3.63, 3.8) is 0 Å². The van der Waals surface area contributed by atoms with E-state index in [2.05, 4.69) is 21.5 Å². The van der Waals surface area contributed by atoms with E-state index in [1.807, 2.05) is 39.5 Å². The number of halogens is 2. The predicted molar refractivity (Wildman–Crippen MR) is 163 cm³/mol. The van der Waals surface area contributed by atoms with Crippen molar-refractivity contribution in [1.82, 2.24) is 29.4 Å². The summed E-state index contributed by atoms with van der Waals surface area (Å²) in [5, 5.41) is 0.722. The highest BCUT2D eigenvalue weighted by atomic mass is 35.5. The molecule has 0 radical (unpaired) electrons. The second-order valence-electron chi connectivity index (χ2n) is 11.0. The van der Waals surface area contributed by atoms with E-state index in [9.17, 15) is 14.0 Å². The predicted octanol–water partition coefficient (Wildman–Crippen LogP) is 5.38. The van der Waals surface area contributed by atoms with Crippen LogP contribution in [0.3, 0.4) is 0 Å². The summed E-state index contributed by atoms with van der Waals surface area (Å²) in [6, 6.07) is 7.55. The van der Waals surface area contributed by atoms with Crippen molar-refractivity contribution in [3.8, 4) is 16.9 Å². The number of carbonyl (C=O) groups is 1. The van der Waals surface area contributed by atoms with Crippen LogP contribution in [0.25, 0.3) is 28.0 Å². The Balaban J connectivity index is 1.84. The SMILES string of the molecule is C=CC(=O)N1C[C@H](C)N(c2nc(=O)n(-c3c(C)nc(C)nc3C(C)C)c3nc(-c4ccccc4F)c(Cl)cc23)C[C@H]1C. The molecule has 1 aliphatic heterocycles. The number of piperazine rings is 1. The highest BCUT2D eigenvalue weighted by Crippen LogP contribution is 2.36. The van der Waals surface area contributed by atoms with Crippen molar-refractivity contribution in [3.05, 3.63) is 81.5 Å². The fourth-order valence-electron chi connectivity index (χ4n) is 5.63. The topological polar surface area (TPSA) is 97.1 Å². The Hall–Kier alpha value is -4.18. The first-order valence-electron chi connectivity index (χ1n) is 13.9. The number of hydrogen-bond acceptors (Lipinski definition) is 7. The van der Waals surface area contributed by atoms with Gasteiger partial charge < -0.3 is 9.80 Å². The molecule has 9 nitrogen and oxygen atoms in total. The first-order chi connectivity index (χ1) is 19.9. The highest BCUT2D eigenvalue weighted by molar-refractivity contribution is 6.33. The fraction of sp³-hybridized carbons (Fsp3) is 0.355. The molecule has 11 heteroatoms. The summed E-state index contributed by atoms with van der Waals surface area (Å²) in [6.45, 7) is 16.0. The number of benzene rings is 1. The van der Waals surface area contributed by atoms with Gasteiger partial charge in [0.25, 0.3) is 0 Å². The molecular formula is C31H33ClFN7O2. The molecule has 4 heterocycles. The number of nitrogens with zero attached hydrogens (tertiary/aromatic N) is 7. The van der Waals surface area contributed by atoms with Crippen LogP contribution in [0.15, 0.2) is 47.8 Å². The first kappa shape index (κ1) is 29.3. The molecule has 1 fully saturated rings. The molecule has 0 saturated carbocycles. The van der Waals surface area contributed by atoms with Crippen molar-refractivity contribution in [1.29, 1.82) is 0 Å². The Morgan fingerprint density at radius 1 is 1.10 bits per heavy atom. The number of pyridine rings is 1. The summed E-state index contributed by atoms with van der Waals surface area (Å²) in [5.74, 6) is 0.286. The lowest BCUT2D eigenvalue weighted by atomic mass is 10.1. The third-order valence-corrected chi connectivity index (χ3v) is 7.90. The molecule has 3 aromatic heterocycles. The Kier molecular flexibility index (Phi) is 7.85. The van der Waals surface area contributed by atoms with Gasteiger partial charge in [0.05, 0.1) is 33.2 Å². The quantitative estimate of drug-likeness (QED) is 0.288. The summed E-state index contributed by atoms with van der Waals surface area (Å²) in [4.78, 5) is 48.9. The Morgan fingerprint density at radius 2 is 1.81 bits per heavy atom. The van der Waals surface area contributed by atoms with Gasteiger partial charge in [-0.2, -0.15) is 4.98 Å². The highest BCUT2D eigenvalue weighted by Gasteiger charge is 2.34. The van der Waals surface area contributed by atoms with Gasteiger partial charge in [-0.1, -0.05) is 44.2 Å². The lowest BCUT2D eigenvalue weighted by Crippen LogP contribution is -2.58. The van der Waals surface area contributed by atoms with Gasteiger partial charge in [-0.15, -0.1) is 0 Å². The third kappa shape index (κ3) is 5.04. The van der Waals surface area contributed by atoms with E-state index in [-0.39, 0.29) is 45.8 Å². The lowest BCUT2D eigenvalue weighted by molar-refractivity contribution is -0.128. The largest absolute Gasteiger partial charge is 0.355 e. The van der Waals surface area contributed by atoms with Gasteiger partial charge >= 0.3 is 5.69 Å². The van der Waals surface area contributed by atoms with Crippen LogP contribution >= 0.6 is 11.6 Å². The smallest absolute Gasteiger partial charge is 0.349 e. The molecule has 5 rings (SSSR count). The number of amides is 1. The molecular weight excluding hydrogens is 557 g/mol. The average Bonchev–Trinajstić information content (AvgIpc) is 2.94. The van der Waals surface area contributed by atoms with Crippen LogP contribution in [-0.4, -0.2) is 60.5 Å². The van der Waals surface area contributed by atoms with E-state index in [1.54, 1.807) is 36.1 Å². The molecule has 1 amide bonds. The molecule has 0 spiro atoms. The number of aromatic nitrogens is 5. The second-order valence-corrected chi connectivity index (χ2v) is 11.4. The van der Waals surface area contributed by atoms with Crippen LogP contribution in [-0.2, 0) is 4.79 Å². The number of aryl methyl sites for hydroxylation is 2. The molecule has 1 aromatic carbocycles. The fourth-order valence-corrected chi connectivity index (χ4v) is 5.88. The summed E-state index contributed by atoms with van der Waals surface area (Å²) < 4.78 is 16.4. The molecule has 0 N–H and O–H groups in total. The Labute approximate surface area is 248 Å². The summed E-state index contributed by atoms with van der Waals surface area (Å²) in [5.41, 5.74) is 1.84. The number of fused-ring (bicyclic) bond motifs is 1. The number of carbonyl (C=O) groups excluding carboxylic acids is 1. The molecule has 4 aromatic rings. The normalized spacial score (nSPS) is 17.3. The molecule has 0 aliphatic carbocycles. The lowest BCUT2D eigenvalue weighted by Gasteiger charge is -2.44. The zero-order valence-electron chi connectivity index (χ0n) is 24.5. The van der Waals surface area contributed by atoms with E-state index < -0.39 is 11.5 Å². The number of rotatable bonds is 5. The van der Waals surface area contributed by atoms with E-state index in [0.29, 0.717) is 47.2 Å². The number of anilines is 1. The van der Waals surface area contributed by atoms with Crippen molar-refractivity contribution in [2.75, 3.05) is 18.0 Å². The maximum absolute atomic E-state index is 15.0. The van der Waals surface area contributed by atoms with Crippen LogP contribution in [0.5, 0.6) is 0 Å². The van der Waals surface area contributed by atoms with Gasteiger partial charge in [0.2, 0.25) is 5.91 Å². The third-order valence-electron chi connectivity index (χ3n) is 7.61. The maximum Gasteiger partial charge on any atom is 0.355 e. The van der Waals surface area contributed by atoms with E-state index in [4.69, 9.17) is 16.6 Å². The van der Waals surface area contributed by atoms with Crippen molar-refractivity contribution in [2.24, 2.45) is 0 Å². The number of hydrogen-bond donors (Lipinski definition) is 0. The maximum atomic E-state index is 15.0. The van der Waals surface area contributed by atoms with Gasteiger partial charge in [-0.3, -0.25) is 4.79 Å². The first-order valence-corrected chi connectivity index (χ1v) is 14.2. The zero-order valence-corrected chi connectivity index (χ0v) is 25.3. The standard InChI is InChI=1S/C31H33ClFN7O2/c1-8-25(41)38-14-18(5)39(15-17(38)4)29-22-13-23(32)27(21-11-9-10-12-24(21)33)36-30(22)40(31(42)37-29)28-19(6)34-20(7)35-26(28)16(2)3/h8-13,16-18H,1,14-15H2,2-7H3/t17-,18+/m1/s1. The molecule has 0 bridgehead atoms. The van der Waals surface area contributed by atoms with Gasteiger partial charge in [0, 0.05) is 30.7 Å². The Bertz CT molecular complexity index is 1790. The van der Waals surface area contributed by atoms with Crippen molar-refractivity contribution < 1.29 is 9.18 Å². The average molecular weight is 590 g/mol. The van der Waals surface area contributed by atoms with Gasteiger partial charge in [-0.05, 0) is 57.9 Å². The van der Waals surface area contributed by atoms with E-state index in [1.165, 1.54) is 16.7 Å². The van der Waals surface area contributed by atoms with Crippen molar-refractivity contribution in [2.45, 2.75) is 59.5 Å². The Morgan fingerprint density at radius 3 is 2.48 bits per heavy atom. The zero-order chi connectivity index (χ0) is 30.5. The summed E-state index contributed by atoms with van der Waals surface area (Å²) in [6.07, 6.45) is 1.31. The van der Waals surface area contributed by atoms with Gasteiger partial charge in [-0.25, -0.2) is 28.7 Å². The molecule has 2 atom stereocenters. The van der Waals surface area contributed by atoms with E-state index in [0.717, 1.165) is 0 Å².